The monoisotopic (exact) mass is 267 g/mol. The van der Waals surface area contributed by atoms with E-state index in [1.165, 1.54) is 17.5 Å². The summed E-state index contributed by atoms with van der Waals surface area (Å²) in [6, 6.07) is 19.1. The fourth-order valence-electron chi connectivity index (χ4n) is 2.71. The number of benzene rings is 2. The molecule has 1 atom stereocenters. The summed E-state index contributed by atoms with van der Waals surface area (Å²) in [6.07, 6.45) is 2.20. The molecule has 104 valence electrons. The third-order valence-electron chi connectivity index (χ3n) is 3.91. The summed E-state index contributed by atoms with van der Waals surface area (Å²) in [5, 5.41) is 3.41. The van der Waals surface area contributed by atoms with Crippen molar-refractivity contribution in [2.24, 2.45) is 0 Å². The van der Waals surface area contributed by atoms with E-state index in [0.717, 1.165) is 31.9 Å². The maximum atomic E-state index is 5.81. The first-order valence-electron chi connectivity index (χ1n) is 7.39. The minimum atomic E-state index is 0.674. The molecule has 2 heteroatoms. The molecule has 2 aromatic rings. The van der Waals surface area contributed by atoms with Gasteiger partial charge in [0.25, 0.3) is 0 Å². The van der Waals surface area contributed by atoms with Crippen LogP contribution in [-0.4, -0.2) is 19.7 Å². The van der Waals surface area contributed by atoms with Crippen LogP contribution in [0.25, 0.3) is 0 Å². The Morgan fingerprint density at radius 1 is 1.00 bits per heavy atom. The van der Waals surface area contributed by atoms with Crippen molar-refractivity contribution in [3.05, 3.63) is 65.7 Å². The Morgan fingerprint density at radius 3 is 2.50 bits per heavy atom. The summed E-state index contributed by atoms with van der Waals surface area (Å²) in [7, 11) is 0. The molecule has 0 unspecified atom stereocenters. The lowest BCUT2D eigenvalue weighted by molar-refractivity contribution is 0.322. The fraction of sp³-hybridized carbons (Fsp3) is 0.333. The molecule has 0 aliphatic carbocycles. The van der Waals surface area contributed by atoms with Gasteiger partial charge in [-0.3, -0.25) is 0 Å². The van der Waals surface area contributed by atoms with Crippen LogP contribution in [-0.2, 0) is 6.42 Å². The van der Waals surface area contributed by atoms with E-state index < -0.39 is 0 Å². The van der Waals surface area contributed by atoms with Crippen molar-refractivity contribution >= 4 is 0 Å². The number of rotatable bonds is 5. The molecule has 0 amide bonds. The van der Waals surface area contributed by atoms with Crippen LogP contribution < -0.4 is 10.1 Å². The smallest absolute Gasteiger partial charge is 0.119 e. The Balaban J connectivity index is 1.50. The van der Waals surface area contributed by atoms with Gasteiger partial charge in [0.15, 0.2) is 0 Å². The van der Waals surface area contributed by atoms with E-state index in [9.17, 15) is 0 Å². The first-order valence-corrected chi connectivity index (χ1v) is 7.39. The molecule has 2 nitrogen and oxygen atoms in total. The van der Waals surface area contributed by atoms with Crippen LogP contribution in [0.3, 0.4) is 0 Å². The molecular weight excluding hydrogens is 246 g/mol. The standard InChI is InChI=1S/C18H21NO/c1-2-4-15(5-3-1)11-13-20-18-8-6-16(7-9-18)17-10-12-19-14-17/h1-9,17,19H,10-14H2/t17-/m1/s1. The molecule has 1 N–H and O–H groups in total. The van der Waals surface area contributed by atoms with Crippen LogP contribution in [0.5, 0.6) is 5.75 Å². The molecule has 0 radical (unpaired) electrons. The fourth-order valence-corrected chi connectivity index (χ4v) is 2.71. The molecule has 1 aliphatic rings. The largest absolute Gasteiger partial charge is 0.493 e. The second kappa shape index (κ2) is 6.58. The number of hydrogen-bond acceptors (Lipinski definition) is 2. The highest BCUT2D eigenvalue weighted by Crippen LogP contribution is 2.24. The normalized spacial score (nSPS) is 18.1. The first kappa shape index (κ1) is 13.2. The average molecular weight is 267 g/mol. The predicted molar refractivity (Wildman–Crippen MR) is 82.3 cm³/mol. The van der Waals surface area contributed by atoms with Gasteiger partial charge in [-0.05, 0) is 42.1 Å². The van der Waals surface area contributed by atoms with Crippen molar-refractivity contribution in [1.29, 1.82) is 0 Å². The van der Waals surface area contributed by atoms with E-state index in [-0.39, 0.29) is 0 Å². The van der Waals surface area contributed by atoms with Crippen molar-refractivity contribution in [2.75, 3.05) is 19.7 Å². The highest BCUT2D eigenvalue weighted by atomic mass is 16.5. The second-order valence-electron chi connectivity index (χ2n) is 5.34. The number of hydrogen-bond donors (Lipinski definition) is 1. The highest BCUT2D eigenvalue weighted by Gasteiger charge is 2.15. The van der Waals surface area contributed by atoms with Crippen LogP contribution in [0.15, 0.2) is 54.6 Å². The zero-order chi connectivity index (χ0) is 13.6. The molecule has 0 spiro atoms. The molecule has 0 saturated carbocycles. The lowest BCUT2D eigenvalue weighted by atomic mass is 9.98. The molecule has 1 saturated heterocycles. The Morgan fingerprint density at radius 2 is 1.80 bits per heavy atom. The topological polar surface area (TPSA) is 21.3 Å². The molecule has 0 aromatic heterocycles. The maximum Gasteiger partial charge on any atom is 0.119 e. The summed E-state index contributed by atoms with van der Waals surface area (Å²) in [4.78, 5) is 0. The lowest BCUT2D eigenvalue weighted by Gasteiger charge is -2.10. The molecule has 20 heavy (non-hydrogen) atoms. The van der Waals surface area contributed by atoms with E-state index in [0.29, 0.717) is 5.92 Å². The summed E-state index contributed by atoms with van der Waals surface area (Å²) in [6.45, 7) is 2.97. The zero-order valence-corrected chi connectivity index (χ0v) is 11.7. The van der Waals surface area contributed by atoms with Gasteiger partial charge in [-0.1, -0.05) is 42.5 Å². The van der Waals surface area contributed by atoms with Crippen molar-refractivity contribution < 1.29 is 4.74 Å². The average Bonchev–Trinajstić information content (AvgIpc) is 3.03. The second-order valence-corrected chi connectivity index (χ2v) is 5.34. The first-order chi connectivity index (χ1) is 9.92. The molecule has 1 heterocycles. The third-order valence-corrected chi connectivity index (χ3v) is 3.91. The van der Waals surface area contributed by atoms with Crippen LogP contribution in [0.1, 0.15) is 23.5 Å². The van der Waals surface area contributed by atoms with Crippen molar-refractivity contribution in [3.8, 4) is 5.75 Å². The van der Waals surface area contributed by atoms with Gasteiger partial charge in [0, 0.05) is 13.0 Å². The molecule has 3 rings (SSSR count). The van der Waals surface area contributed by atoms with Gasteiger partial charge in [0.1, 0.15) is 5.75 Å². The molecular formula is C18H21NO. The van der Waals surface area contributed by atoms with E-state index >= 15 is 0 Å². The van der Waals surface area contributed by atoms with E-state index in [1.807, 2.05) is 6.07 Å². The predicted octanol–water partition coefficient (Wildman–Crippen LogP) is 3.39. The van der Waals surface area contributed by atoms with Crippen LogP contribution in [0.4, 0.5) is 0 Å². The Hall–Kier alpha value is -1.80. The summed E-state index contributed by atoms with van der Waals surface area (Å²) < 4.78 is 5.81. The number of nitrogens with one attached hydrogen (secondary N) is 1. The van der Waals surface area contributed by atoms with Gasteiger partial charge in [-0.2, -0.15) is 0 Å². The zero-order valence-electron chi connectivity index (χ0n) is 11.7. The Labute approximate surface area is 120 Å². The molecule has 0 bridgehead atoms. The quantitative estimate of drug-likeness (QED) is 0.896. The molecule has 1 fully saturated rings. The van der Waals surface area contributed by atoms with Gasteiger partial charge >= 0.3 is 0 Å². The van der Waals surface area contributed by atoms with Crippen LogP contribution in [0.2, 0.25) is 0 Å². The molecule has 2 aromatic carbocycles. The van der Waals surface area contributed by atoms with E-state index in [4.69, 9.17) is 4.74 Å². The Bertz CT molecular complexity index is 515. The summed E-state index contributed by atoms with van der Waals surface area (Å²) in [5.74, 6) is 1.64. The Kier molecular flexibility index (Phi) is 4.34. The van der Waals surface area contributed by atoms with E-state index in [1.54, 1.807) is 0 Å². The van der Waals surface area contributed by atoms with Crippen molar-refractivity contribution in [1.82, 2.24) is 5.32 Å². The summed E-state index contributed by atoms with van der Waals surface area (Å²) >= 11 is 0. The third kappa shape index (κ3) is 3.40. The van der Waals surface area contributed by atoms with E-state index in [2.05, 4.69) is 53.8 Å². The minimum Gasteiger partial charge on any atom is -0.493 e. The molecule has 1 aliphatic heterocycles. The van der Waals surface area contributed by atoms with Crippen LogP contribution >= 0.6 is 0 Å². The van der Waals surface area contributed by atoms with Gasteiger partial charge < -0.3 is 10.1 Å². The SMILES string of the molecule is c1ccc(CCOc2ccc([C@@H]3CCNC3)cc2)cc1. The number of ether oxygens (including phenoxy) is 1. The minimum absolute atomic E-state index is 0.674. The van der Waals surface area contributed by atoms with Gasteiger partial charge in [-0.25, -0.2) is 0 Å². The van der Waals surface area contributed by atoms with Gasteiger partial charge in [0.2, 0.25) is 0 Å². The van der Waals surface area contributed by atoms with Crippen molar-refractivity contribution in [2.45, 2.75) is 18.8 Å². The van der Waals surface area contributed by atoms with Gasteiger partial charge in [-0.15, -0.1) is 0 Å². The van der Waals surface area contributed by atoms with Crippen molar-refractivity contribution in [3.63, 3.8) is 0 Å². The maximum absolute atomic E-state index is 5.81. The summed E-state index contributed by atoms with van der Waals surface area (Å²) in [5.41, 5.74) is 2.74. The van der Waals surface area contributed by atoms with Gasteiger partial charge in [0.05, 0.1) is 6.61 Å². The lowest BCUT2D eigenvalue weighted by Crippen LogP contribution is -2.08. The highest BCUT2D eigenvalue weighted by molar-refractivity contribution is 5.30. The van der Waals surface area contributed by atoms with Crippen LogP contribution in [0, 0.1) is 0 Å².